The summed E-state index contributed by atoms with van der Waals surface area (Å²) in [4.78, 5) is 5.74. The molecule has 0 amide bonds. The molecule has 0 radical (unpaired) electrons. The normalized spacial score (nSPS) is 11.1. The monoisotopic (exact) mass is 241 g/mol. The molecule has 3 nitrogen and oxygen atoms in total. The summed E-state index contributed by atoms with van der Waals surface area (Å²) in [7, 11) is 0. The maximum Gasteiger partial charge on any atom is 0.140 e. The Labute approximate surface area is 103 Å². The van der Waals surface area contributed by atoms with E-state index in [9.17, 15) is 0 Å². The lowest BCUT2D eigenvalue weighted by Crippen LogP contribution is -2.15. The van der Waals surface area contributed by atoms with Gasteiger partial charge in [0.2, 0.25) is 0 Å². The van der Waals surface area contributed by atoms with E-state index in [1.807, 2.05) is 48.9 Å². The minimum absolute atomic E-state index is 0.488. The summed E-state index contributed by atoms with van der Waals surface area (Å²) < 4.78 is 1.80. The molecule has 3 rings (SSSR count). The van der Waals surface area contributed by atoms with Crippen LogP contribution in [0.2, 0.25) is 0 Å². The van der Waals surface area contributed by atoms with Gasteiger partial charge < -0.3 is 0 Å². The molecule has 0 fully saturated rings. The number of thioether (sulfide) groups is 1. The van der Waals surface area contributed by atoms with E-state index in [4.69, 9.17) is 5.41 Å². The molecule has 0 aliphatic carbocycles. The third-order valence-electron chi connectivity index (χ3n) is 2.78. The second-order valence-corrected chi connectivity index (χ2v) is 4.59. The van der Waals surface area contributed by atoms with Gasteiger partial charge in [-0.05, 0) is 30.5 Å². The summed E-state index contributed by atoms with van der Waals surface area (Å²) >= 11 is 1.66. The van der Waals surface area contributed by atoms with Crippen molar-refractivity contribution in [3.05, 3.63) is 48.1 Å². The van der Waals surface area contributed by atoms with Crippen molar-refractivity contribution in [3.63, 3.8) is 0 Å². The van der Waals surface area contributed by atoms with Gasteiger partial charge in [-0.1, -0.05) is 12.1 Å². The third-order valence-corrected chi connectivity index (χ3v) is 3.55. The van der Waals surface area contributed by atoms with E-state index in [-0.39, 0.29) is 0 Å². The zero-order valence-electron chi connectivity index (χ0n) is 9.34. The Morgan fingerprint density at radius 1 is 1.18 bits per heavy atom. The first-order valence-corrected chi connectivity index (χ1v) is 6.52. The van der Waals surface area contributed by atoms with Gasteiger partial charge in [0.15, 0.2) is 0 Å². The van der Waals surface area contributed by atoms with Crippen molar-refractivity contribution in [3.8, 4) is 0 Å². The number of fused-ring (bicyclic) bond motifs is 2. The first-order chi connectivity index (χ1) is 8.31. The van der Waals surface area contributed by atoms with Crippen molar-refractivity contribution in [2.24, 2.45) is 0 Å². The van der Waals surface area contributed by atoms with Gasteiger partial charge in [0.1, 0.15) is 11.1 Å². The highest BCUT2D eigenvalue weighted by Gasteiger charge is 2.05. The summed E-state index contributed by atoms with van der Waals surface area (Å²) in [5.41, 5.74) is 2.21. The highest BCUT2D eigenvalue weighted by atomic mass is 32.2. The lowest BCUT2D eigenvalue weighted by molar-refractivity contribution is 0.999. The molecule has 3 aromatic rings. The van der Waals surface area contributed by atoms with Crippen LogP contribution >= 0.6 is 11.8 Å². The Morgan fingerprint density at radius 3 is 2.88 bits per heavy atom. The molecule has 0 spiro atoms. The standard InChI is InChI=1S/C13H11N3S/c1-17-10-6-4-5-9-12(10)15-11-7-2-3-8-16(11)13(9)14/h2-8,14H,1H3. The number of pyridine rings is 1. The molecule has 2 aromatic heterocycles. The summed E-state index contributed by atoms with van der Waals surface area (Å²) in [6.45, 7) is 0. The number of nitrogens with one attached hydrogen (secondary N) is 1. The number of rotatable bonds is 1. The topological polar surface area (TPSA) is 41.2 Å². The molecule has 4 heteroatoms. The van der Waals surface area contributed by atoms with Crippen molar-refractivity contribution >= 4 is 28.3 Å². The smallest absolute Gasteiger partial charge is 0.140 e. The molecule has 0 bridgehead atoms. The Morgan fingerprint density at radius 2 is 2.06 bits per heavy atom. The van der Waals surface area contributed by atoms with Gasteiger partial charge in [0, 0.05) is 16.5 Å². The molecule has 0 aliphatic rings. The Bertz CT molecular complexity index is 761. The van der Waals surface area contributed by atoms with Crippen LogP contribution in [0.1, 0.15) is 0 Å². The van der Waals surface area contributed by atoms with Crippen molar-refractivity contribution in [2.45, 2.75) is 4.90 Å². The van der Waals surface area contributed by atoms with Gasteiger partial charge >= 0.3 is 0 Å². The molecule has 2 heterocycles. The lowest BCUT2D eigenvalue weighted by Gasteiger charge is -2.06. The molecular formula is C13H11N3S. The zero-order valence-corrected chi connectivity index (χ0v) is 10.2. The summed E-state index contributed by atoms with van der Waals surface area (Å²) in [6.07, 6.45) is 3.90. The number of benzene rings is 1. The Hall–Kier alpha value is -1.81. The number of hydrogen-bond acceptors (Lipinski definition) is 3. The zero-order chi connectivity index (χ0) is 11.8. The largest absolute Gasteiger partial charge is 0.286 e. The second kappa shape index (κ2) is 3.89. The second-order valence-electron chi connectivity index (χ2n) is 3.75. The average Bonchev–Trinajstić information content (AvgIpc) is 2.38. The molecule has 1 N–H and O–H groups in total. The van der Waals surface area contributed by atoms with E-state index < -0.39 is 0 Å². The maximum atomic E-state index is 8.22. The van der Waals surface area contributed by atoms with E-state index in [1.54, 1.807) is 16.2 Å². The predicted octanol–water partition coefficient (Wildman–Crippen LogP) is 2.69. The van der Waals surface area contributed by atoms with Gasteiger partial charge in [-0.25, -0.2) is 4.98 Å². The van der Waals surface area contributed by atoms with Crippen molar-refractivity contribution < 1.29 is 0 Å². The van der Waals surface area contributed by atoms with Crippen molar-refractivity contribution in [2.75, 3.05) is 6.26 Å². The number of nitrogens with zero attached hydrogens (tertiary/aromatic N) is 2. The molecule has 0 unspecified atom stereocenters. The highest BCUT2D eigenvalue weighted by molar-refractivity contribution is 7.98. The van der Waals surface area contributed by atoms with Crippen LogP contribution in [0.4, 0.5) is 0 Å². The van der Waals surface area contributed by atoms with Gasteiger partial charge in [0.25, 0.3) is 0 Å². The summed E-state index contributed by atoms with van der Waals surface area (Å²) in [5.74, 6) is 0. The molecule has 0 atom stereocenters. The van der Waals surface area contributed by atoms with Gasteiger partial charge in [-0.15, -0.1) is 11.8 Å². The number of hydrogen-bond donors (Lipinski definition) is 1. The Balaban J connectivity index is 2.59. The van der Waals surface area contributed by atoms with Gasteiger partial charge in [0.05, 0.1) is 5.52 Å². The lowest BCUT2D eigenvalue weighted by atomic mass is 10.2. The SMILES string of the molecule is CSc1cccc2c(=N)n3ccccc3nc12. The van der Waals surface area contributed by atoms with Crippen LogP contribution in [0.15, 0.2) is 47.5 Å². The van der Waals surface area contributed by atoms with Gasteiger partial charge in [-0.2, -0.15) is 0 Å². The first kappa shape index (κ1) is 10.4. The minimum atomic E-state index is 0.488. The van der Waals surface area contributed by atoms with Crippen LogP contribution in [0.3, 0.4) is 0 Å². The summed E-state index contributed by atoms with van der Waals surface area (Å²) in [5, 5.41) is 9.11. The van der Waals surface area contributed by atoms with Gasteiger partial charge in [-0.3, -0.25) is 9.81 Å². The highest BCUT2D eigenvalue weighted by Crippen LogP contribution is 2.22. The molecule has 0 saturated carbocycles. The molecule has 84 valence electrons. The van der Waals surface area contributed by atoms with Crippen molar-refractivity contribution in [1.82, 2.24) is 9.38 Å². The molecule has 0 aliphatic heterocycles. The van der Waals surface area contributed by atoms with Crippen LogP contribution in [-0.2, 0) is 0 Å². The van der Waals surface area contributed by atoms with E-state index >= 15 is 0 Å². The molecule has 1 aromatic carbocycles. The minimum Gasteiger partial charge on any atom is -0.286 e. The molecule has 17 heavy (non-hydrogen) atoms. The Kier molecular flexibility index (Phi) is 2.37. The third kappa shape index (κ3) is 1.52. The van der Waals surface area contributed by atoms with Crippen molar-refractivity contribution in [1.29, 1.82) is 5.41 Å². The van der Waals surface area contributed by atoms with Crippen LogP contribution < -0.4 is 5.49 Å². The fraction of sp³-hybridized carbons (Fsp3) is 0.0769. The fourth-order valence-electron chi connectivity index (χ4n) is 1.95. The van der Waals surface area contributed by atoms with E-state index in [0.717, 1.165) is 21.4 Å². The number of aromatic nitrogens is 2. The van der Waals surface area contributed by atoms with E-state index in [2.05, 4.69) is 4.98 Å². The maximum absolute atomic E-state index is 8.22. The van der Waals surface area contributed by atoms with E-state index in [1.165, 1.54) is 0 Å². The van der Waals surface area contributed by atoms with Crippen LogP contribution in [0.25, 0.3) is 16.6 Å². The van der Waals surface area contributed by atoms with Crippen LogP contribution in [-0.4, -0.2) is 15.6 Å². The molecular weight excluding hydrogens is 230 g/mol. The van der Waals surface area contributed by atoms with Crippen LogP contribution in [0.5, 0.6) is 0 Å². The average molecular weight is 241 g/mol. The first-order valence-electron chi connectivity index (χ1n) is 5.30. The number of para-hydroxylation sites is 1. The predicted molar refractivity (Wildman–Crippen MR) is 70.3 cm³/mol. The molecule has 0 saturated heterocycles. The summed E-state index contributed by atoms with van der Waals surface area (Å²) in [6, 6.07) is 11.7. The quantitative estimate of drug-likeness (QED) is 0.525. The fourth-order valence-corrected chi connectivity index (χ4v) is 2.52. The van der Waals surface area contributed by atoms with Crippen LogP contribution in [0, 0.1) is 5.41 Å². The van der Waals surface area contributed by atoms with E-state index in [0.29, 0.717) is 5.49 Å².